The second kappa shape index (κ2) is 9.56. The number of carbonyl (C=O) groups is 1. The molecule has 4 rings (SSSR count). The van der Waals surface area contributed by atoms with Crippen molar-refractivity contribution in [2.75, 3.05) is 46.5 Å². The molecule has 7 nitrogen and oxygen atoms in total. The van der Waals surface area contributed by atoms with Gasteiger partial charge >= 0.3 is 0 Å². The Hall–Kier alpha value is -3.47. The molecule has 2 aromatic carbocycles. The lowest BCUT2D eigenvalue weighted by molar-refractivity contribution is 0.0383. The smallest absolute Gasteiger partial charge is 0.270 e. The van der Waals surface area contributed by atoms with E-state index in [-0.39, 0.29) is 17.3 Å². The minimum atomic E-state index is -0.292. The maximum atomic E-state index is 13.0. The molecule has 0 unspecified atom stereocenters. The second-order valence-electron chi connectivity index (χ2n) is 7.28. The lowest BCUT2D eigenvalue weighted by atomic mass is 9.95. The second-order valence-corrected chi connectivity index (χ2v) is 7.28. The van der Waals surface area contributed by atoms with E-state index in [1.807, 2.05) is 42.5 Å². The molecule has 158 valence electrons. The van der Waals surface area contributed by atoms with E-state index in [9.17, 15) is 10.1 Å². The number of methoxy groups -OCH3 is 1. The molecule has 1 saturated heterocycles. The van der Waals surface area contributed by atoms with Crippen LogP contribution in [0, 0.1) is 11.3 Å². The molecule has 0 saturated carbocycles. The van der Waals surface area contributed by atoms with Gasteiger partial charge < -0.3 is 14.8 Å². The van der Waals surface area contributed by atoms with Gasteiger partial charge in [-0.3, -0.25) is 9.69 Å². The maximum absolute atomic E-state index is 13.0. The summed E-state index contributed by atoms with van der Waals surface area (Å²) in [7, 11) is 1.59. The molecule has 1 amide bonds. The molecule has 0 radical (unpaired) electrons. The van der Waals surface area contributed by atoms with E-state index in [0.29, 0.717) is 36.5 Å². The number of ether oxygens (including phenoxy) is 2. The van der Waals surface area contributed by atoms with E-state index < -0.39 is 0 Å². The monoisotopic (exact) mass is 416 g/mol. The van der Waals surface area contributed by atoms with Crippen molar-refractivity contribution in [3.63, 3.8) is 0 Å². The predicted molar refractivity (Wildman–Crippen MR) is 118 cm³/mol. The first-order valence-corrected chi connectivity index (χ1v) is 10.3. The van der Waals surface area contributed by atoms with Crippen LogP contribution in [0.5, 0.6) is 5.75 Å². The van der Waals surface area contributed by atoms with Crippen LogP contribution in [0.3, 0.4) is 0 Å². The first kappa shape index (κ1) is 20.8. The molecule has 0 aliphatic carbocycles. The van der Waals surface area contributed by atoms with Crippen molar-refractivity contribution < 1.29 is 14.3 Å². The lowest BCUT2D eigenvalue weighted by Crippen LogP contribution is -2.41. The van der Waals surface area contributed by atoms with Crippen molar-refractivity contribution >= 4 is 16.7 Å². The molecule has 1 aliphatic rings. The van der Waals surface area contributed by atoms with Crippen molar-refractivity contribution in [2.45, 2.75) is 0 Å². The largest absolute Gasteiger partial charge is 0.497 e. The van der Waals surface area contributed by atoms with Gasteiger partial charge in [0.05, 0.1) is 20.3 Å². The van der Waals surface area contributed by atoms with Gasteiger partial charge in [-0.15, -0.1) is 0 Å². The Balaban J connectivity index is 1.70. The van der Waals surface area contributed by atoms with E-state index in [1.54, 1.807) is 13.2 Å². The first-order valence-electron chi connectivity index (χ1n) is 10.3. The average molecular weight is 416 g/mol. The number of nitriles is 1. The summed E-state index contributed by atoms with van der Waals surface area (Å²) in [6, 6.07) is 17.3. The number of nitrogens with one attached hydrogen (secondary N) is 1. The molecule has 7 heteroatoms. The van der Waals surface area contributed by atoms with E-state index >= 15 is 0 Å². The number of nitrogens with zero attached hydrogens (tertiary/aromatic N) is 3. The predicted octanol–water partition coefficient (Wildman–Crippen LogP) is 2.84. The molecule has 31 heavy (non-hydrogen) atoms. The first-order chi connectivity index (χ1) is 15.2. The summed E-state index contributed by atoms with van der Waals surface area (Å²) in [6.45, 7) is 4.40. The average Bonchev–Trinajstić information content (AvgIpc) is 2.83. The molecular formula is C24H24N4O3. The fourth-order valence-electron chi connectivity index (χ4n) is 3.81. The minimum Gasteiger partial charge on any atom is -0.497 e. The number of aromatic nitrogens is 1. The third-order valence-corrected chi connectivity index (χ3v) is 5.41. The van der Waals surface area contributed by atoms with Crippen molar-refractivity contribution in [2.24, 2.45) is 0 Å². The number of fused-ring (bicyclic) bond motifs is 1. The van der Waals surface area contributed by atoms with Gasteiger partial charge in [-0.2, -0.15) is 5.26 Å². The molecule has 0 atom stereocenters. The van der Waals surface area contributed by atoms with Crippen LogP contribution in [0.15, 0.2) is 48.5 Å². The molecule has 1 fully saturated rings. The van der Waals surface area contributed by atoms with Crippen LogP contribution in [0.25, 0.3) is 21.9 Å². The Labute approximate surface area is 181 Å². The summed E-state index contributed by atoms with van der Waals surface area (Å²) in [4.78, 5) is 19.7. The van der Waals surface area contributed by atoms with Gasteiger partial charge in [0.2, 0.25) is 0 Å². The van der Waals surface area contributed by atoms with E-state index in [1.165, 1.54) is 0 Å². The van der Waals surface area contributed by atoms with Crippen LogP contribution in [-0.2, 0) is 4.74 Å². The number of rotatable bonds is 6. The number of hydrogen-bond acceptors (Lipinski definition) is 6. The fourth-order valence-corrected chi connectivity index (χ4v) is 3.81. The van der Waals surface area contributed by atoms with Gasteiger partial charge in [-0.05, 0) is 29.1 Å². The van der Waals surface area contributed by atoms with Gasteiger partial charge in [0.15, 0.2) is 0 Å². The molecule has 1 aliphatic heterocycles. The number of pyridine rings is 1. The topological polar surface area (TPSA) is 87.5 Å². The third-order valence-electron chi connectivity index (χ3n) is 5.41. The van der Waals surface area contributed by atoms with Gasteiger partial charge in [0, 0.05) is 37.1 Å². The third kappa shape index (κ3) is 4.50. The Bertz CT molecular complexity index is 1120. The quantitative estimate of drug-likeness (QED) is 0.665. The van der Waals surface area contributed by atoms with Crippen LogP contribution in [0.4, 0.5) is 0 Å². The van der Waals surface area contributed by atoms with Gasteiger partial charge in [0.1, 0.15) is 23.2 Å². The zero-order chi connectivity index (χ0) is 21.6. The van der Waals surface area contributed by atoms with Crippen LogP contribution in [-0.4, -0.2) is 62.3 Å². The van der Waals surface area contributed by atoms with Crippen molar-refractivity contribution in [3.05, 3.63) is 59.9 Å². The van der Waals surface area contributed by atoms with Crippen LogP contribution < -0.4 is 10.1 Å². The Morgan fingerprint density at radius 2 is 1.97 bits per heavy atom. The van der Waals surface area contributed by atoms with E-state index in [2.05, 4.69) is 21.3 Å². The van der Waals surface area contributed by atoms with Crippen LogP contribution in [0.2, 0.25) is 0 Å². The SMILES string of the molecule is COc1ccc2c(C(=O)NCCN3CCOCC3)nc(C#N)c(-c3ccccc3)c2c1. The summed E-state index contributed by atoms with van der Waals surface area (Å²) in [5.74, 6) is 0.359. The standard InChI is InChI=1S/C24H24N4O3/c1-30-18-7-8-19-20(15-18)22(17-5-3-2-4-6-17)21(16-25)27-23(19)24(29)26-9-10-28-11-13-31-14-12-28/h2-8,15H,9-14H2,1H3,(H,26,29). The Morgan fingerprint density at radius 3 is 2.68 bits per heavy atom. The van der Waals surface area contributed by atoms with Crippen LogP contribution in [0.1, 0.15) is 16.2 Å². The Morgan fingerprint density at radius 1 is 1.19 bits per heavy atom. The van der Waals surface area contributed by atoms with Crippen molar-refractivity contribution in [1.82, 2.24) is 15.2 Å². The highest BCUT2D eigenvalue weighted by molar-refractivity contribution is 6.10. The van der Waals surface area contributed by atoms with Gasteiger partial charge in [-0.25, -0.2) is 4.98 Å². The molecule has 0 bridgehead atoms. The summed E-state index contributed by atoms with van der Waals surface area (Å²) in [6.07, 6.45) is 0. The van der Waals surface area contributed by atoms with Crippen molar-refractivity contribution in [1.29, 1.82) is 5.26 Å². The number of amides is 1. The molecule has 0 spiro atoms. The van der Waals surface area contributed by atoms with E-state index in [4.69, 9.17) is 9.47 Å². The summed E-state index contributed by atoms with van der Waals surface area (Å²) >= 11 is 0. The Kier molecular flexibility index (Phi) is 6.41. The number of carbonyl (C=O) groups excluding carboxylic acids is 1. The highest BCUT2D eigenvalue weighted by Crippen LogP contribution is 2.34. The van der Waals surface area contributed by atoms with Crippen molar-refractivity contribution in [3.8, 4) is 22.9 Å². The van der Waals surface area contributed by atoms with E-state index in [0.717, 1.165) is 30.6 Å². The normalized spacial score (nSPS) is 14.2. The fraction of sp³-hybridized carbons (Fsp3) is 0.292. The highest BCUT2D eigenvalue weighted by atomic mass is 16.5. The van der Waals surface area contributed by atoms with Gasteiger partial charge in [0.25, 0.3) is 5.91 Å². The molecule has 1 aromatic heterocycles. The molecule has 2 heterocycles. The zero-order valence-corrected chi connectivity index (χ0v) is 17.4. The number of morpholine rings is 1. The minimum absolute atomic E-state index is 0.213. The summed E-state index contributed by atoms with van der Waals surface area (Å²) < 4.78 is 10.8. The highest BCUT2D eigenvalue weighted by Gasteiger charge is 2.20. The maximum Gasteiger partial charge on any atom is 0.270 e. The molecule has 1 N–H and O–H groups in total. The number of hydrogen-bond donors (Lipinski definition) is 1. The molecular weight excluding hydrogens is 392 g/mol. The lowest BCUT2D eigenvalue weighted by Gasteiger charge is -2.26. The van der Waals surface area contributed by atoms with Crippen LogP contribution >= 0.6 is 0 Å². The zero-order valence-electron chi connectivity index (χ0n) is 17.4. The summed E-state index contributed by atoms with van der Waals surface area (Å²) in [5, 5.41) is 14.2. The number of benzene rings is 2. The van der Waals surface area contributed by atoms with Gasteiger partial charge in [-0.1, -0.05) is 30.3 Å². The summed E-state index contributed by atoms with van der Waals surface area (Å²) in [5.41, 5.74) is 2.02. The molecule has 3 aromatic rings.